The van der Waals surface area contributed by atoms with Gasteiger partial charge >= 0.3 is 5.97 Å². The number of hydrogen-bond donors (Lipinski definition) is 1. The third-order valence-corrected chi connectivity index (χ3v) is 7.44. The van der Waals surface area contributed by atoms with Crippen LogP contribution in [0, 0.1) is 6.92 Å². The molecule has 1 saturated heterocycles. The number of aliphatic hydroxyl groups excluding tert-OH is 1. The monoisotopic (exact) mass is 461 g/mol. The molecule has 3 atom stereocenters. The highest BCUT2D eigenvalue weighted by atomic mass is 16.5. The first-order valence-corrected chi connectivity index (χ1v) is 12.4. The van der Waals surface area contributed by atoms with Crippen LogP contribution < -0.4 is 4.74 Å². The van der Waals surface area contributed by atoms with Crippen LogP contribution in [0.25, 0.3) is 16.5 Å². The standard InChI is InChI=1S/C29H35NO4/c1-16(2)25-26(18(4)23-11-21(31)12-24(32)33-23)28-22(13-29(5,6)34-28)17(3)27(25)30-14-19-9-7-8-10-20(19)15-30/h7-10,14-16,18,21,23,31H,11-13H2,1-6H3/t18?,21-,23+/m1/s1. The summed E-state index contributed by atoms with van der Waals surface area (Å²) < 4.78 is 14.6. The predicted octanol–water partition coefficient (Wildman–Crippen LogP) is 5.95. The topological polar surface area (TPSA) is 60.7 Å². The Hall–Kier alpha value is -2.79. The van der Waals surface area contributed by atoms with E-state index in [1.807, 2.05) is 0 Å². The zero-order valence-corrected chi connectivity index (χ0v) is 21.0. The highest BCUT2D eigenvalue weighted by Crippen LogP contribution is 2.50. The maximum atomic E-state index is 12.2. The summed E-state index contributed by atoms with van der Waals surface area (Å²) in [7, 11) is 0. The maximum Gasteiger partial charge on any atom is 0.308 e. The van der Waals surface area contributed by atoms with Crippen LogP contribution >= 0.6 is 0 Å². The maximum absolute atomic E-state index is 12.2. The minimum absolute atomic E-state index is 0.0665. The molecule has 0 saturated carbocycles. The van der Waals surface area contributed by atoms with Crippen molar-refractivity contribution in [2.45, 2.75) is 90.4 Å². The van der Waals surface area contributed by atoms with E-state index in [0.29, 0.717) is 6.42 Å². The van der Waals surface area contributed by atoms with Crippen molar-refractivity contribution >= 4 is 16.7 Å². The number of cyclic esters (lactones) is 1. The second-order valence-corrected chi connectivity index (χ2v) is 11.0. The van der Waals surface area contributed by atoms with Crippen molar-refractivity contribution in [2.75, 3.05) is 0 Å². The first kappa shape index (κ1) is 23.0. The van der Waals surface area contributed by atoms with E-state index in [-0.39, 0.29) is 35.9 Å². The van der Waals surface area contributed by atoms with Gasteiger partial charge in [-0.25, -0.2) is 0 Å². The first-order valence-electron chi connectivity index (χ1n) is 12.4. The van der Waals surface area contributed by atoms with Crippen molar-refractivity contribution in [1.29, 1.82) is 0 Å². The summed E-state index contributed by atoms with van der Waals surface area (Å²) in [5.74, 6) is 0.723. The lowest BCUT2D eigenvalue weighted by Gasteiger charge is -2.34. The Bertz CT molecular complexity index is 1240. The number of fused-ring (bicyclic) bond motifs is 2. The van der Waals surface area contributed by atoms with Gasteiger partial charge in [0.15, 0.2) is 0 Å². The van der Waals surface area contributed by atoms with Gasteiger partial charge in [-0.3, -0.25) is 4.79 Å². The van der Waals surface area contributed by atoms with Crippen molar-refractivity contribution < 1.29 is 19.4 Å². The summed E-state index contributed by atoms with van der Waals surface area (Å²) in [4.78, 5) is 12.2. The van der Waals surface area contributed by atoms with Gasteiger partial charge in [0.1, 0.15) is 17.5 Å². The van der Waals surface area contributed by atoms with E-state index in [9.17, 15) is 9.90 Å². The van der Waals surface area contributed by atoms with Crippen LogP contribution in [0.1, 0.15) is 81.5 Å². The zero-order valence-electron chi connectivity index (χ0n) is 21.0. The fourth-order valence-corrected chi connectivity index (χ4v) is 5.88. The summed E-state index contributed by atoms with van der Waals surface area (Å²) in [6.07, 6.45) is 4.69. The van der Waals surface area contributed by atoms with Gasteiger partial charge in [-0.05, 0) is 48.6 Å². The number of esters is 1. The molecule has 1 aromatic heterocycles. The summed E-state index contributed by atoms with van der Waals surface area (Å²) in [5, 5.41) is 12.7. The minimum Gasteiger partial charge on any atom is -0.487 e. The molecule has 0 radical (unpaired) electrons. The molecule has 2 aromatic carbocycles. The summed E-state index contributed by atoms with van der Waals surface area (Å²) in [6.45, 7) is 13.0. The largest absolute Gasteiger partial charge is 0.487 e. The lowest BCUT2D eigenvalue weighted by molar-refractivity contribution is -0.161. The number of rotatable bonds is 4. The van der Waals surface area contributed by atoms with Crippen LogP contribution in [0.3, 0.4) is 0 Å². The van der Waals surface area contributed by atoms with Crippen LogP contribution in [0.4, 0.5) is 0 Å². The average molecular weight is 462 g/mol. The van der Waals surface area contributed by atoms with Crippen molar-refractivity contribution in [3.63, 3.8) is 0 Å². The van der Waals surface area contributed by atoms with Gasteiger partial charge in [0.25, 0.3) is 0 Å². The molecule has 0 bridgehead atoms. The van der Waals surface area contributed by atoms with E-state index in [2.05, 4.69) is 82.8 Å². The number of nitrogens with zero attached hydrogens (tertiary/aromatic N) is 1. The van der Waals surface area contributed by atoms with Gasteiger partial charge < -0.3 is 19.1 Å². The van der Waals surface area contributed by atoms with Crippen LogP contribution in [0.5, 0.6) is 5.75 Å². The first-order chi connectivity index (χ1) is 16.1. The Morgan fingerprint density at radius 3 is 2.32 bits per heavy atom. The Morgan fingerprint density at radius 2 is 1.74 bits per heavy atom. The van der Waals surface area contributed by atoms with Crippen molar-refractivity contribution in [3.8, 4) is 11.4 Å². The van der Waals surface area contributed by atoms with Crippen LogP contribution in [-0.4, -0.2) is 33.5 Å². The lowest BCUT2D eigenvalue weighted by atomic mass is 9.79. The Balaban J connectivity index is 1.77. The molecule has 180 valence electrons. The number of carbonyl (C=O) groups excluding carboxylic acids is 1. The second kappa shape index (κ2) is 8.16. The minimum atomic E-state index is -0.665. The van der Waals surface area contributed by atoms with Gasteiger partial charge in [-0.1, -0.05) is 45.0 Å². The van der Waals surface area contributed by atoms with Crippen LogP contribution in [0.2, 0.25) is 0 Å². The average Bonchev–Trinajstić information content (AvgIpc) is 3.32. The molecule has 1 fully saturated rings. The molecule has 5 heteroatoms. The van der Waals surface area contributed by atoms with Gasteiger partial charge in [-0.15, -0.1) is 0 Å². The summed E-state index contributed by atoms with van der Waals surface area (Å²) >= 11 is 0. The van der Waals surface area contributed by atoms with Crippen molar-refractivity contribution in [3.05, 3.63) is 58.9 Å². The molecule has 0 spiro atoms. The van der Waals surface area contributed by atoms with Crippen LogP contribution in [0.15, 0.2) is 36.7 Å². The van der Waals surface area contributed by atoms with E-state index in [0.717, 1.165) is 17.7 Å². The molecular weight excluding hydrogens is 426 g/mol. The number of benzene rings is 2. The molecule has 0 aliphatic carbocycles. The Morgan fingerprint density at radius 1 is 1.09 bits per heavy atom. The fraction of sp³-hybridized carbons (Fsp3) is 0.483. The van der Waals surface area contributed by atoms with Gasteiger partial charge in [-0.2, -0.15) is 0 Å². The van der Waals surface area contributed by atoms with Crippen molar-refractivity contribution in [1.82, 2.24) is 4.57 Å². The van der Waals surface area contributed by atoms with Gasteiger partial charge in [0.05, 0.1) is 18.2 Å². The zero-order chi connectivity index (χ0) is 24.4. The normalized spacial score (nSPS) is 22.5. The highest BCUT2D eigenvalue weighted by molar-refractivity contribution is 5.83. The SMILES string of the molecule is Cc1c2c(c(C(C)[C@@H]3C[C@@H](O)CC(=O)O3)c(C(C)C)c1-n1cc3ccccc3c1)OC(C)(C)C2. The number of aromatic nitrogens is 1. The third kappa shape index (κ3) is 3.80. The molecular formula is C29H35NO4. The van der Waals surface area contributed by atoms with E-state index in [4.69, 9.17) is 9.47 Å². The molecule has 3 aromatic rings. The molecule has 1 N–H and O–H groups in total. The molecule has 5 rings (SSSR count). The number of hydrogen-bond acceptors (Lipinski definition) is 4. The van der Waals surface area contributed by atoms with Crippen LogP contribution in [-0.2, 0) is 16.0 Å². The third-order valence-electron chi connectivity index (χ3n) is 7.44. The van der Waals surface area contributed by atoms with Crippen molar-refractivity contribution in [2.24, 2.45) is 0 Å². The fourth-order valence-electron chi connectivity index (χ4n) is 5.88. The molecule has 0 amide bonds. The number of carbonyl (C=O) groups is 1. The number of aliphatic hydroxyl groups is 1. The molecule has 3 heterocycles. The Labute approximate surface area is 201 Å². The van der Waals surface area contributed by atoms with E-state index >= 15 is 0 Å². The lowest BCUT2D eigenvalue weighted by Crippen LogP contribution is -2.36. The highest BCUT2D eigenvalue weighted by Gasteiger charge is 2.41. The van der Waals surface area contributed by atoms with Gasteiger partial charge in [0, 0.05) is 42.3 Å². The van der Waals surface area contributed by atoms with E-state index in [1.54, 1.807) is 0 Å². The summed E-state index contributed by atoms with van der Waals surface area (Å²) in [6, 6.07) is 8.42. The molecule has 2 aliphatic rings. The molecule has 5 nitrogen and oxygen atoms in total. The predicted molar refractivity (Wildman–Crippen MR) is 134 cm³/mol. The molecule has 2 aliphatic heterocycles. The second-order valence-electron chi connectivity index (χ2n) is 11.0. The number of ether oxygens (including phenoxy) is 2. The molecule has 34 heavy (non-hydrogen) atoms. The van der Waals surface area contributed by atoms with E-state index in [1.165, 1.54) is 33.2 Å². The Kier molecular flexibility index (Phi) is 5.51. The quantitative estimate of drug-likeness (QED) is 0.488. The smallest absolute Gasteiger partial charge is 0.308 e. The van der Waals surface area contributed by atoms with Gasteiger partial charge in [0.2, 0.25) is 0 Å². The molecule has 1 unspecified atom stereocenters. The van der Waals surface area contributed by atoms with E-state index < -0.39 is 6.10 Å². The summed E-state index contributed by atoms with van der Waals surface area (Å²) in [5.41, 5.74) is 5.68.